The average molecular weight is 517 g/mol. The largest absolute Gasteiger partial charge is 0.378 e. The van der Waals surface area contributed by atoms with Gasteiger partial charge >= 0.3 is 0 Å². The van der Waals surface area contributed by atoms with E-state index in [9.17, 15) is 9.59 Å². The summed E-state index contributed by atoms with van der Waals surface area (Å²) in [6.07, 6.45) is 12.7. The first kappa shape index (κ1) is 25.4. The maximum Gasteiger partial charge on any atom is 0.262 e. The Labute approximate surface area is 225 Å². The van der Waals surface area contributed by atoms with E-state index in [0.29, 0.717) is 31.0 Å². The van der Waals surface area contributed by atoms with E-state index in [0.717, 1.165) is 50.8 Å². The molecule has 4 saturated carbocycles. The molecule has 0 spiro atoms. The van der Waals surface area contributed by atoms with Gasteiger partial charge in [0.1, 0.15) is 6.04 Å². The lowest BCUT2D eigenvalue weighted by Crippen LogP contribution is -2.56. The summed E-state index contributed by atoms with van der Waals surface area (Å²) in [5, 5.41) is 7.38. The molecule has 4 bridgehead atoms. The van der Waals surface area contributed by atoms with E-state index in [1.165, 1.54) is 36.1 Å². The van der Waals surface area contributed by atoms with Crippen molar-refractivity contribution in [3.8, 4) is 0 Å². The molecule has 0 radical (unpaired) electrons. The van der Waals surface area contributed by atoms with Crippen LogP contribution in [0.1, 0.15) is 63.9 Å². The van der Waals surface area contributed by atoms with Crippen molar-refractivity contribution in [3.05, 3.63) is 52.7 Å². The number of benzene rings is 1. The molecule has 1 aliphatic heterocycles. The number of nitrogens with zero attached hydrogens (tertiary/aromatic N) is 2. The van der Waals surface area contributed by atoms with Crippen LogP contribution in [0.5, 0.6) is 0 Å². The maximum atomic E-state index is 13.3. The van der Waals surface area contributed by atoms with E-state index in [-0.39, 0.29) is 17.2 Å². The summed E-state index contributed by atoms with van der Waals surface area (Å²) in [7, 11) is 0. The SMILES string of the molecule is CC(NC(=O)C12CC3CC(CC(C3)C1)C2)C(=O)NN=CC1=C(N2CCOCC2)/C(=C\c2ccccc2)CC1. The summed E-state index contributed by atoms with van der Waals surface area (Å²) in [6.45, 7) is 4.88. The van der Waals surface area contributed by atoms with Gasteiger partial charge in [-0.25, -0.2) is 5.43 Å². The smallest absolute Gasteiger partial charge is 0.262 e. The maximum absolute atomic E-state index is 13.3. The first-order valence-electron chi connectivity index (χ1n) is 14.4. The first-order chi connectivity index (χ1) is 18.5. The second-order valence-corrected chi connectivity index (χ2v) is 12.2. The molecule has 5 aliphatic carbocycles. The topological polar surface area (TPSA) is 83.0 Å². The molecule has 1 atom stereocenters. The lowest BCUT2D eigenvalue weighted by Gasteiger charge is -2.55. The van der Waals surface area contributed by atoms with Gasteiger partial charge in [-0.3, -0.25) is 9.59 Å². The zero-order valence-electron chi connectivity index (χ0n) is 22.5. The van der Waals surface area contributed by atoms with Crippen molar-refractivity contribution in [1.29, 1.82) is 0 Å². The number of nitrogens with one attached hydrogen (secondary N) is 2. The van der Waals surface area contributed by atoms with Crippen LogP contribution in [-0.4, -0.2) is 55.3 Å². The molecule has 0 aromatic heterocycles. The molecular weight excluding hydrogens is 476 g/mol. The number of morpholine rings is 1. The number of rotatable bonds is 7. The van der Waals surface area contributed by atoms with Crippen molar-refractivity contribution in [2.45, 2.75) is 64.3 Å². The van der Waals surface area contributed by atoms with Crippen LogP contribution in [-0.2, 0) is 14.3 Å². The highest BCUT2D eigenvalue weighted by Gasteiger charge is 2.54. The van der Waals surface area contributed by atoms with Crippen LogP contribution in [0.2, 0.25) is 0 Å². The van der Waals surface area contributed by atoms with Crippen LogP contribution in [0, 0.1) is 23.2 Å². The lowest BCUT2D eigenvalue weighted by molar-refractivity contribution is -0.148. The van der Waals surface area contributed by atoms with Crippen molar-refractivity contribution in [2.24, 2.45) is 28.3 Å². The normalized spacial score (nSPS) is 32.3. The fourth-order valence-corrected chi connectivity index (χ4v) is 8.00. The number of carbonyl (C=O) groups excluding carboxylic acids is 2. The molecular formula is C31H40N4O3. The first-order valence-corrected chi connectivity index (χ1v) is 14.4. The molecule has 202 valence electrons. The van der Waals surface area contributed by atoms with Crippen molar-refractivity contribution in [3.63, 3.8) is 0 Å². The van der Waals surface area contributed by atoms with Gasteiger partial charge in [-0.1, -0.05) is 30.3 Å². The minimum atomic E-state index is -0.613. The highest BCUT2D eigenvalue weighted by molar-refractivity contribution is 5.91. The summed E-state index contributed by atoms with van der Waals surface area (Å²) >= 11 is 0. The molecule has 7 rings (SSSR count). The fourth-order valence-electron chi connectivity index (χ4n) is 8.00. The van der Waals surface area contributed by atoms with Crippen LogP contribution < -0.4 is 10.7 Å². The Kier molecular flexibility index (Phi) is 7.12. The van der Waals surface area contributed by atoms with Crippen LogP contribution >= 0.6 is 0 Å². The standard InChI is InChI=1S/C31H40N4O3/c1-21(33-30(37)31-17-23-13-24(18-31)15-25(14-23)19-31)29(36)34-32-20-27-8-7-26(16-22-5-3-2-4-6-22)28(27)35-9-11-38-12-10-35/h2-6,16,20-21,23-25H,7-15,17-19H2,1H3,(H,33,37)(H,34,36)/b26-16-,32-20?. The minimum absolute atomic E-state index is 0.0759. The highest BCUT2D eigenvalue weighted by atomic mass is 16.5. The molecule has 6 aliphatic rings. The number of hydrazone groups is 1. The van der Waals surface area contributed by atoms with Gasteiger partial charge in [0, 0.05) is 24.2 Å². The van der Waals surface area contributed by atoms with Gasteiger partial charge in [-0.05, 0) is 98.8 Å². The van der Waals surface area contributed by atoms with E-state index in [1.807, 2.05) is 6.07 Å². The number of amides is 2. The van der Waals surface area contributed by atoms with Crippen LogP contribution in [0.25, 0.3) is 6.08 Å². The summed E-state index contributed by atoms with van der Waals surface area (Å²) in [5.41, 5.74) is 7.25. The third kappa shape index (κ3) is 5.18. The second kappa shape index (κ2) is 10.7. The van der Waals surface area contributed by atoms with Gasteiger partial charge in [0.05, 0.1) is 19.4 Å². The Morgan fingerprint density at radius 3 is 2.34 bits per heavy atom. The quantitative estimate of drug-likeness (QED) is 0.419. The number of ether oxygens (including phenoxy) is 1. The Hall–Kier alpha value is -2.93. The Morgan fingerprint density at radius 2 is 1.68 bits per heavy atom. The zero-order valence-corrected chi connectivity index (χ0v) is 22.5. The summed E-state index contributed by atoms with van der Waals surface area (Å²) < 4.78 is 5.59. The Morgan fingerprint density at radius 1 is 1.03 bits per heavy atom. The molecule has 1 unspecified atom stereocenters. The third-order valence-electron chi connectivity index (χ3n) is 9.40. The fraction of sp³-hybridized carbons (Fsp3) is 0.581. The van der Waals surface area contributed by atoms with E-state index < -0.39 is 6.04 Å². The third-order valence-corrected chi connectivity index (χ3v) is 9.40. The number of carbonyl (C=O) groups is 2. The van der Waals surface area contributed by atoms with E-state index >= 15 is 0 Å². The van der Waals surface area contributed by atoms with E-state index in [1.54, 1.807) is 13.1 Å². The molecule has 7 heteroatoms. The molecule has 7 nitrogen and oxygen atoms in total. The van der Waals surface area contributed by atoms with Crippen molar-refractivity contribution in [1.82, 2.24) is 15.6 Å². The van der Waals surface area contributed by atoms with Gasteiger partial charge in [0.15, 0.2) is 0 Å². The second-order valence-electron chi connectivity index (χ2n) is 12.2. The Balaban J connectivity index is 1.11. The Bertz CT molecular complexity index is 1110. The zero-order chi connectivity index (χ0) is 26.1. The van der Waals surface area contributed by atoms with Crippen LogP contribution in [0.15, 0.2) is 52.3 Å². The molecule has 1 aromatic carbocycles. The van der Waals surface area contributed by atoms with Crippen molar-refractivity contribution in [2.75, 3.05) is 26.3 Å². The van der Waals surface area contributed by atoms with E-state index in [4.69, 9.17) is 4.74 Å². The predicted octanol–water partition coefficient (Wildman–Crippen LogP) is 4.27. The summed E-state index contributed by atoms with van der Waals surface area (Å²) in [5.74, 6) is 1.89. The summed E-state index contributed by atoms with van der Waals surface area (Å²) in [6, 6.07) is 9.77. The van der Waals surface area contributed by atoms with Gasteiger partial charge in [0.2, 0.25) is 5.91 Å². The van der Waals surface area contributed by atoms with Crippen molar-refractivity contribution < 1.29 is 14.3 Å². The van der Waals surface area contributed by atoms with Crippen LogP contribution in [0.4, 0.5) is 0 Å². The molecule has 2 N–H and O–H groups in total. The summed E-state index contributed by atoms with van der Waals surface area (Å²) in [4.78, 5) is 28.6. The number of hydrogen-bond acceptors (Lipinski definition) is 5. The highest BCUT2D eigenvalue weighted by Crippen LogP contribution is 2.60. The molecule has 1 aromatic rings. The number of hydrogen-bond donors (Lipinski definition) is 2. The monoisotopic (exact) mass is 516 g/mol. The lowest BCUT2D eigenvalue weighted by atomic mass is 9.49. The molecule has 1 heterocycles. The van der Waals surface area contributed by atoms with Gasteiger partial charge in [0.25, 0.3) is 5.91 Å². The minimum Gasteiger partial charge on any atom is -0.378 e. The van der Waals surface area contributed by atoms with Crippen molar-refractivity contribution >= 4 is 24.1 Å². The van der Waals surface area contributed by atoms with Crippen LogP contribution in [0.3, 0.4) is 0 Å². The van der Waals surface area contributed by atoms with Gasteiger partial charge in [-0.2, -0.15) is 5.10 Å². The van der Waals surface area contributed by atoms with Gasteiger partial charge in [-0.15, -0.1) is 0 Å². The molecule has 5 fully saturated rings. The molecule has 38 heavy (non-hydrogen) atoms. The average Bonchev–Trinajstić information content (AvgIpc) is 3.31. The molecule has 2 amide bonds. The van der Waals surface area contributed by atoms with Gasteiger partial charge < -0.3 is 15.0 Å². The van der Waals surface area contributed by atoms with E-state index in [2.05, 4.69) is 51.1 Å². The number of allylic oxidation sites excluding steroid dienone is 2. The molecule has 1 saturated heterocycles. The predicted molar refractivity (Wildman–Crippen MR) is 148 cm³/mol.